The lowest BCUT2D eigenvalue weighted by atomic mass is 9.66. The summed E-state index contributed by atoms with van der Waals surface area (Å²) in [4.78, 5) is 2.66. The number of likely N-dealkylation sites (tertiary alicyclic amines) is 1. The van der Waals surface area contributed by atoms with Gasteiger partial charge in [0.05, 0.1) is 0 Å². The molecule has 2 aliphatic rings. The van der Waals surface area contributed by atoms with Crippen molar-refractivity contribution in [3.05, 3.63) is 77.4 Å². The normalized spacial score (nSPS) is 26.0. The largest absolute Gasteiger partial charge is 0.298 e. The third-order valence-corrected chi connectivity index (χ3v) is 6.11. The number of hydrogen-bond donors (Lipinski definition) is 0. The molecule has 4 rings (SSSR count). The molecule has 0 N–H and O–H groups in total. The van der Waals surface area contributed by atoms with Crippen LogP contribution in [0.3, 0.4) is 0 Å². The lowest BCUT2D eigenvalue weighted by Gasteiger charge is -2.38. The fourth-order valence-corrected chi connectivity index (χ4v) is 4.87. The van der Waals surface area contributed by atoms with Gasteiger partial charge in [-0.2, -0.15) is 0 Å². The maximum atomic E-state index is 4.20. The van der Waals surface area contributed by atoms with Gasteiger partial charge in [0.2, 0.25) is 0 Å². The van der Waals surface area contributed by atoms with Crippen molar-refractivity contribution in [3.63, 3.8) is 0 Å². The molecule has 0 aromatic heterocycles. The molecule has 2 aromatic rings. The fourth-order valence-electron chi connectivity index (χ4n) is 4.87. The van der Waals surface area contributed by atoms with E-state index in [0.717, 1.165) is 6.54 Å². The highest BCUT2D eigenvalue weighted by atomic mass is 15.2. The number of nitrogens with zero attached hydrogens (tertiary/aromatic N) is 1. The Morgan fingerprint density at radius 2 is 1.96 bits per heavy atom. The van der Waals surface area contributed by atoms with E-state index in [1.807, 2.05) is 0 Å². The first kappa shape index (κ1) is 15.7. The summed E-state index contributed by atoms with van der Waals surface area (Å²) in [6.45, 7) is 12.3. The van der Waals surface area contributed by atoms with Crippen molar-refractivity contribution in [2.75, 3.05) is 13.1 Å². The van der Waals surface area contributed by atoms with Crippen LogP contribution in [0.5, 0.6) is 0 Å². The molecule has 2 aromatic carbocycles. The molecule has 2 atom stereocenters. The van der Waals surface area contributed by atoms with Crippen LogP contribution in [-0.2, 0) is 13.0 Å². The molecule has 24 heavy (non-hydrogen) atoms. The number of hydrogen-bond acceptors (Lipinski definition) is 1. The van der Waals surface area contributed by atoms with Crippen molar-refractivity contribution in [1.82, 2.24) is 4.90 Å². The Labute approximate surface area is 146 Å². The minimum atomic E-state index is 0.412. The average Bonchev–Trinajstić information content (AvgIpc) is 2.91. The summed E-state index contributed by atoms with van der Waals surface area (Å²) in [5.41, 5.74) is 7.57. The summed E-state index contributed by atoms with van der Waals surface area (Å²) in [6, 6.07) is 17.7. The second-order valence-electron chi connectivity index (χ2n) is 8.02. The van der Waals surface area contributed by atoms with Gasteiger partial charge in [0.1, 0.15) is 0 Å². The van der Waals surface area contributed by atoms with E-state index in [2.05, 4.69) is 73.9 Å². The van der Waals surface area contributed by atoms with Crippen molar-refractivity contribution in [3.8, 4) is 0 Å². The molecule has 0 saturated carbocycles. The van der Waals surface area contributed by atoms with Gasteiger partial charge in [-0.15, -0.1) is 0 Å². The highest BCUT2D eigenvalue weighted by Crippen LogP contribution is 2.51. The highest BCUT2D eigenvalue weighted by Gasteiger charge is 2.46. The van der Waals surface area contributed by atoms with E-state index in [-0.39, 0.29) is 0 Å². The summed E-state index contributed by atoms with van der Waals surface area (Å²) < 4.78 is 0. The van der Waals surface area contributed by atoms with Gasteiger partial charge in [-0.1, -0.05) is 67.6 Å². The van der Waals surface area contributed by atoms with Gasteiger partial charge in [0.15, 0.2) is 0 Å². The topological polar surface area (TPSA) is 3.24 Å². The van der Waals surface area contributed by atoms with E-state index in [1.165, 1.54) is 42.6 Å². The smallest absolute Gasteiger partial charge is 0.0234 e. The van der Waals surface area contributed by atoms with Crippen LogP contribution in [0, 0.1) is 5.41 Å². The van der Waals surface area contributed by atoms with Crippen molar-refractivity contribution < 1.29 is 0 Å². The first-order chi connectivity index (χ1) is 11.6. The Balaban J connectivity index is 1.64. The number of allylic oxidation sites excluding steroid dienone is 1. The standard InChI is InChI=1S/C23H27N/c1-17(2)19-10-7-11-21-20(19)12-13-23(3)16-24(15-22(21)23)14-18-8-5-4-6-9-18/h4-11,22H,1,12-16H2,2-3H3/t22-,23-/m1/s1. The first-order valence-corrected chi connectivity index (χ1v) is 9.11. The summed E-state index contributed by atoms with van der Waals surface area (Å²) >= 11 is 0. The van der Waals surface area contributed by atoms with E-state index in [1.54, 1.807) is 11.1 Å². The van der Waals surface area contributed by atoms with E-state index in [0.29, 0.717) is 11.3 Å². The van der Waals surface area contributed by atoms with Gasteiger partial charge in [-0.3, -0.25) is 4.90 Å². The highest BCUT2D eigenvalue weighted by molar-refractivity contribution is 5.66. The Morgan fingerprint density at radius 1 is 1.17 bits per heavy atom. The van der Waals surface area contributed by atoms with Gasteiger partial charge in [0.25, 0.3) is 0 Å². The van der Waals surface area contributed by atoms with Crippen LogP contribution in [-0.4, -0.2) is 18.0 Å². The monoisotopic (exact) mass is 317 g/mol. The molecule has 124 valence electrons. The van der Waals surface area contributed by atoms with E-state index in [4.69, 9.17) is 0 Å². The summed E-state index contributed by atoms with van der Waals surface area (Å²) in [6.07, 6.45) is 2.49. The van der Waals surface area contributed by atoms with Gasteiger partial charge >= 0.3 is 0 Å². The van der Waals surface area contributed by atoms with Crippen LogP contribution >= 0.6 is 0 Å². The summed E-state index contributed by atoms with van der Waals surface area (Å²) in [5.74, 6) is 0.657. The third kappa shape index (κ3) is 2.61. The van der Waals surface area contributed by atoms with Gasteiger partial charge in [-0.25, -0.2) is 0 Å². The molecule has 0 spiro atoms. The van der Waals surface area contributed by atoms with Crippen LogP contribution in [0.15, 0.2) is 55.1 Å². The SMILES string of the molecule is C=C(C)c1cccc2c1CC[C@]1(C)CN(Cc3ccccc3)C[C@H]21. The van der Waals surface area contributed by atoms with Gasteiger partial charge in [-0.05, 0) is 47.4 Å². The molecule has 1 saturated heterocycles. The minimum absolute atomic E-state index is 0.412. The maximum Gasteiger partial charge on any atom is 0.0234 e. The molecular formula is C23H27N. The number of benzene rings is 2. The van der Waals surface area contributed by atoms with Crippen LogP contribution in [0.2, 0.25) is 0 Å². The molecular weight excluding hydrogens is 290 g/mol. The van der Waals surface area contributed by atoms with Crippen LogP contribution in [0.4, 0.5) is 0 Å². The molecule has 1 aliphatic heterocycles. The first-order valence-electron chi connectivity index (χ1n) is 9.11. The average molecular weight is 317 g/mol. The van der Waals surface area contributed by atoms with Crippen LogP contribution in [0.1, 0.15) is 48.4 Å². The van der Waals surface area contributed by atoms with Crippen molar-refractivity contribution in [1.29, 1.82) is 0 Å². The second kappa shape index (κ2) is 5.89. The van der Waals surface area contributed by atoms with Gasteiger partial charge < -0.3 is 0 Å². The summed E-state index contributed by atoms with van der Waals surface area (Å²) in [5, 5.41) is 0. The van der Waals surface area contributed by atoms with Crippen molar-refractivity contribution >= 4 is 5.57 Å². The quantitative estimate of drug-likeness (QED) is 0.745. The van der Waals surface area contributed by atoms with Crippen LogP contribution in [0.25, 0.3) is 5.57 Å². The molecule has 1 heteroatoms. The van der Waals surface area contributed by atoms with Crippen LogP contribution < -0.4 is 0 Å². The van der Waals surface area contributed by atoms with E-state index in [9.17, 15) is 0 Å². The predicted molar refractivity (Wildman–Crippen MR) is 102 cm³/mol. The Morgan fingerprint density at radius 3 is 2.71 bits per heavy atom. The molecule has 1 aliphatic carbocycles. The maximum absolute atomic E-state index is 4.20. The molecule has 0 unspecified atom stereocenters. The lowest BCUT2D eigenvalue weighted by molar-refractivity contribution is 0.240. The molecule has 0 bridgehead atoms. The Kier molecular flexibility index (Phi) is 3.85. The molecule has 0 amide bonds. The number of fused-ring (bicyclic) bond motifs is 3. The zero-order valence-corrected chi connectivity index (χ0v) is 14.9. The van der Waals surface area contributed by atoms with Crippen molar-refractivity contribution in [2.45, 2.75) is 39.2 Å². The molecule has 0 radical (unpaired) electrons. The lowest BCUT2D eigenvalue weighted by Crippen LogP contribution is -2.31. The Hall–Kier alpha value is -1.86. The Bertz CT molecular complexity index is 761. The number of rotatable bonds is 3. The fraction of sp³-hybridized carbons (Fsp3) is 0.391. The summed E-state index contributed by atoms with van der Waals surface area (Å²) in [7, 11) is 0. The predicted octanol–water partition coefficient (Wildman–Crippen LogP) is 5.27. The van der Waals surface area contributed by atoms with E-state index < -0.39 is 0 Å². The molecule has 1 fully saturated rings. The zero-order chi connectivity index (χ0) is 16.7. The molecule has 1 nitrogen and oxygen atoms in total. The van der Waals surface area contributed by atoms with E-state index >= 15 is 0 Å². The molecule has 1 heterocycles. The van der Waals surface area contributed by atoms with Gasteiger partial charge in [0, 0.05) is 25.6 Å². The second-order valence-corrected chi connectivity index (χ2v) is 8.02. The minimum Gasteiger partial charge on any atom is -0.298 e. The zero-order valence-electron chi connectivity index (χ0n) is 14.9. The van der Waals surface area contributed by atoms with Crippen molar-refractivity contribution in [2.24, 2.45) is 5.41 Å². The third-order valence-electron chi connectivity index (χ3n) is 6.11.